The average Bonchev–Trinajstić information content (AvgIpc) is 2.72. The van der Waals surface area contributed by atoms with E-state index in [4.69, 9.17) is 23.2 Å². The Balaban J connectivity index is 2.48. The van der Waals surface area contributed by atoms with Crippen LogP contribution in [-0.2, 0) is 0 Å². The minimum Gasteiger partial charge on any atom is -0.309 e. The van der Waals surface area contributed by atoms with Crippen LogP contribution in [0, 0.1) is 6.92 Å². The van der Waals surface area contributed by atoms with Crippen LogP contribution in [0.15, 0.2) is 18.2 Å². The molecule has 2 aromatic rings. The molecule has 1 unspecified atom stereocenters. The van der Waals surface area contributed by atoms with Crippen molar-refractivity contribution in [2.75, 3.05) is 6.54 Å². The van der Waals surface area contributed by atoms with Crippen LogP contribution in [0.25, 0.3) is 5.69 Å². The van der Waals surface area contributed by atoms with E-state index in [1.54, 1.807) is 16.8 Å². The maximum absolute atomic E-state index is 6.20. The smallest absolute Gasteiger partial charge is 0.104 e. The molecule has 0 saturated carbocycles. The average molecular weight is 299 g/mol. The summed E-state index contributed by atoms with van der Waals surface area (Å²) in [5.41, 5.74) is 2.51. The van der Waals surface area contributed by atoms with Crippen LogP contribution in [0.2, 0.25) is 10.0 Å². The van der Waals surface area contributed by atoms with Crippen molar-refractivity contribution in [1.29, 1.82) is 0 Å². The Hall–Kier alpha value is -1.10. The van der Waals surface area contributed by atoms with E-state index < -0.39 is 0 Å². The number of rotatable bonds is 4. The number of benzene rings is 1. The van der Waals surface area contributed by atoms with Gasteiger partial charge in [-0.15, -0.1) is 5.10 Å². The van der Waals surface area contributed by atoms with E-state index in [0.717, 1.165) is 17.9 Å². The molecule has 102 valence electrons. The van der Waals surface area contributed by atoms with Crippen LogP contribution in [0.5, 0.6) is 0 Å². The highest BCUT2D eigenvalue weighted by atomic mass is 35.5. The minimum absolute atomic E-state index is 0.139. The van der Waals surface area contributed by atoms with Crippen LogP contribution in [0.4, 0.5) is 0 Å². The summed E-state index contributed by atoms with van der Waals surface area (Å²) in [6.07, 6.45) is 0. The van der Waals surface area contributed by atoms with Crippen molar-refractivity contribution in [2.24, 2.45) is 0 Å². The van der Waals surface area contributed by atoms with E-state index in [1.807, 2.05) is 13.0 Å². The van der Waals surface area contributed by atoms with Gasteiger partial charge in [-0.2, -0.15) is 0 Å². The second-order valence-electron chi connectivity index (χ2n) is 4.32. The molecule has 2 rings (SSSR count). The molecule has 0 bridgehead atoms. The van der Waals surface area contributed by atoms with E-state index in [9.17, 15) is 0 Å². The standard InChI is InChI=1S/C13H16Cl2N4/c1-4-16-8(2)12-9(3)19(18-17-12)13-10(14)6-5-7-11(13)15/h5-8,16H,4H2,1-3H3. The third-order valence-electron chi connectivity index (χ3n) is 3.00. The summed E-state index contributed by atoms with van der Waals surface area (Å²) in [4.78, 5) is 0. The van der Waals surface area contributed by atoms with Crippen LogP contribution >= 0.6 is 23.2 Å². The normalized spacial score (nSPS) is 12.7. The first-order valence-electron chi connectivity index (χ1n) is 6.16. The summed E-state index contributed by atoms with van der Waals surface area (Å²) in [5.74, 6) is 0. The van der Waals surface area contributed by atoms with Gasteiger partial charge in [-0.05, 0) is 32.5 Å². The van der Waals surface area contributed by atoms with Gasteiger partial charge in [0.05, 0.1) is 21.8 Å². The first-order chi connectivity index (χ1) is 9.06. The SMILES string of the molecule is CCNC(C)c1nnn(-c2c(Cl)cccc2Cl)c1C. The van der Waals surface area contributed by atoms with Gasteiger partial charge in [0.1, 0.15) is 11.4 Å². The molecule has 1 atom stereocenters. The van der Waals surface area contributed by atoms with Crippen molar-refractivity contribution in [1.82, 2.24) is 20.3 Å². The van der Waals surface area contributed by atoms with Gasteiger partial charge in [0.25, 0.3) is 0 Å². The predicted molar refractivity (Wildman–Crippen MR) is 78.2 cm³/mol. The molecule has 19 heavy (non-hydrogen) atoms. The van der Waals surface area contributed by atoms with Crippen molar-refractivity contribution < 1.29 is 0 Å². The van der Waals surface area contributed by atoms with Gasteiger partial charge in [0.2, 0.25) is 0 Å². The lowest BCUT2D eigenvalue weighted by molar-refractivity contribution is 0.579. The minimum atomic E-state index is 0.139. The molecule has 0 spiro atoms. The fraction of sp³-hybridized carbons (Fsp3) is 0.385. The zero-order valence-corrected chi connectivity index (χ0v) is 12.6. The molecule has 4 nitrogen and oxygen atoms in total. The number of nitrogens with zero attached hydrogens (tertiary/aromatic N) is 3. The third kappa shape index (κ3) is 2.76. The molecule has 0 radical (unpaired) electrons. The first kappa shape index (κ1) is 14.3. The Morgan fingerprint density at radius 2 is 1.95 bits per heavy atom. The van der Waals surface area contributed by atoms with Crippen molar-refractivity contribution in [3.05, 3.63) is 39.6 Å². The number of hydrogen-bond donors (Lipinski definition) is 1. The highest BCUT2D eigenvalue weighted by molar-refractivity contribution is 6.37. The van der Waals surface area contributed by atoms with Crippen molar-refractivity contribution in [2.45, 2.75) is 26.8 Å². The van der Waals surface area contributed by atoms with E-state index in [0.29, 0.717) is 15.7 Å². The second-order valence-corrected chi connectivity index (χ2v) is 5.14. The lowest BCUT2D eigenvalue weighted by Gasteiger charge is -2.11. The van der Waals surface area contributed by atoms with Crippen LogP contribution in [-0.4, -0.2) is 21.5 Å². The van der Waals surface area contributed by atoms with Gasteiger partial charge >= 0.3 is 0 Å². The Bertz CT molecular complexity index is 560. The van der Waals surface area contributed by atoms with Gasteiger partial charge in [-0.1, -0.05) is 41.4 Å². The van der Waals surface area contributed by atoms with Gasteiger partial charge in [-0.3, -0.25) is 0 Å². The van der Waals surface area contributed by atoms with Gasteiger partial charge in [-0.25, -0.2) is 4.68 Å². The molecule has 0 amide bonds. The highest BCUT2D eigenvalue weighted by Gasteiger charge is 2.18. The molecule has 0 fully saturated rings. The van der Waals surface area contributed by atoms with E-state index in [-0.39, 0.29) is 6.04 Å². The molecule has 0 aliphatic heterocycles. The number of halogens is 2. The van der Waals surface area contributed by atoms with Gasteiger partial charge in [0, 0.05) is 0 Å². The zero-order valence-electron chi connectivity index (χ0n) is 11.1. The molecule has 0 aliphatic carbocycles. The van der Waals surface area contributed by atoms with Crippen molar-refractivity contribution >= 4 is 23.2 Å². The van der Waals surface area contributed by atoms with Gasteiger partial charge < -0.3 is 5.32 Å². The summed E-state index contributed by atoms with van der Waals surface area (Å²) in [6.45, 7) is 6.95. The van der Waals surface area contributed by atoms with Gasteiger partial charge in [0.15, 0.2) is 0 Å². The molecule has 0 saturated heterocycles. The van der Waals surface area contributed by atoms with Crippen LogP contribution in [0.1, 0.15) is 31.3 Å². The maximum atomic E-state index is 6.20. The van der Waals surface area contributed by atoms with Crippen molar-refractivity contribution in [3.8, 4) is 5.69 Å². The number of hydrogen-bond acceptors (Lipinski definition) is 3. The molecular formula is C13H16Cl2N4. The molecule has 1 N–H and O–H groups in total. The number of para-hydroxylation sites is 1. The van der Waals surface area contributed by atoms with E-state index >= 15 is 0 Å². The number of aromatic nitrogens is 3. The molecular weight excluding hydrogens is 283 g/mol. The summed E-state index contributed by atoms with van der Waals surface area (Å²) in [5, 5.41) is 12.8. The molecule has 6 heteroatoms. The predicted octanol–water partition coefficient (Wildman–Crippen LogP) is 3.55. The lowest BCUT2D eigenvalue weighted by Crippen LogP contribution is -2.19. The van der Waals surface area contributed by atoms with Crippen molar-refractivity contribution in [3.63, 3.8) is 0 Å². The lowest BCUT2D eigenvalue weighted by atomic mass is 10.2. The summed E-state index contributed by atoms with van der Waals surface area (Å²) < 4.78 is 1.69. The molecule has 1 aromatic heterocycles. The maximum Gasteiger partial charge on any atom is 0.104 e. The summed E-state index contributed by atoms with van der Waals surface area (Å²) in [7, 11) is 0. The Kier molecular flexibility index (Phi) is 4.45. The number of nitrogens with one attached hydrogen (secondary N) is 1. The van der Waals surface area contributed by atoms with Crippen LogP contribution < -0.4 is 5.32 Å². The monoisotopic (exact) mass is 298 g/mol. The Labute approximate surface area is 122 Å². The highest BCUT2D eigenvalue weighted by Crippen LogP contribution is 2.29. The van der Waals surface area contributed by atoms with E-state index in [1.165, 1.54) is 0 Å². The molecule has 0 aliphatic rings. The fourth-order valence-electron chi connectivity index (χ4n) is 2.05. The van der Waals surface area contributed by atoms with Crippen LogP contribution in [0.3, 0.4) is 0 Å². The largest absolute Gasteiger partial charge is 0.309 e. The Morgan fingerprint density at radius 1 is 1.32 bits per heavy atom. The first-order valence-corrected chi connectivity index (χ1v) is 6.91. The summed E-state index contributed by atoms with van der Waals surface area (Å²) >= 11 is 12.4. The second kappa shape index (κ2) is 5.90. The van der Waals surface area contributed by atoms with E-state index in [2.05, 4.69) is 29.5 Å². The molecule has 1 aromatic carbocycles. The zero-order chi connectivity index (χ0) is 14.0. The summed E-state index contributed by atoms with van der Waals surface area (Å²) in [6, 6.07) is 5.52. The molecule has 1 heterocycles. The third-order valence-corrected chi connectivity index (χ3v) is 3.61. The Morgan fingerprint density at radius 3 is 2.53 bits per heavy atom. The fourth-order valence-corrected chi connectivity index (χ4v) is 2.60. The quantitative estimate of drug-likeness (QED) is 0.938. The topological polar surface area (TPSA) is 42.7 Å².